The number of ether oxygens (including phenoxy) is 2. The number of halogens is 3. The summed E-state index contributed by atoms with van der Waals surface area (Å²) in [4.78, 5) is 0. The van der Waals surface area contributed by atoms with Gasteiger partial charge < -0.3 is 9.47 Å². The molecule has 0 saturated heterocycles. The molecule has 0 spiro atoms. The first-order valence-corrected chi connectivity index (χ1v) is 10.8. The summed E-state index contributed by atoms with van der Waals surface area (Å²) in [5.74, 6) is 1.20. The maximum absolute atomic E-state index is 9.61. The average Bonchev–Trinajstić information content (AvgIpc) is 2.73. The van der Waals surface area contributed by atoms with Crippen LogP contribution in [-0.2, 0) is 6.61 Å². The first kappa shape index (κ1) is 22.2. The molecule has 0 aliphatic rings. The number of benzene rings is 3. The summed E-state index contributed by atoms with van der Waals surface area (Å²) in [6.45, 7) is 2.77. The Labute approximate surface area is 194 Å². The van der Waals surface area contributed by atoms with Gasteiger partial charge in [-0.25, -0.2) is 0 Å². The molecule has 0 aliphatic heterocycles. The third kappa shape index (κ3) is 5.79. The number of rotatable bonds is 7. The van der Waals surface area contributed by atoms with Crippen LogP contribution in [0, 0.1) is 11.3 Å². The van der Waals surface area contributed by atoms with Crippen LogP contribution in [0.1, 0.15) is 23.6 Å². The van der Waals surface area contributed by atoms with Crippen molar-refractivity contribution in [1.29, 1.82) is 5.26 Å². The second-order valence-electron chi connectivity index (χ2n) is 6.35. The van der Waals surface area contributed by atoms with Gasteiger partial charge in [-0.15, -0.1) is 0 Å². The fourth-order valence-electron chi connectivity index (χ4n) is 2.79. The van der Waals surface area contributed by atoms with E-state index in [4.69, 9.17) is 32.7 Å². The van der Waals surface area contributed by atoms with Gasteiger partial charge in [0.25, 0.3) is 0 Å². The fourth-order valence-corrected chi connectivity index (χ4v) is 3.61. The molecule has 0 radical (unpaired) electrons. The van der Waals surface area contributed by atoms with Crippen LogP contribution in [0.25, 0.3) is 11.6 Å². The maximum Gasteiger partial charge on any atom is 0.175 e. The Morgan fingerprint density at radius 2 is 1.63 bits per heavy atom. The van der Waals surface area contributed by atoms with E-state index in [9.17, 15) is 5.26 Å². The number of hydrogen-bond acceptors (Lipinski definition) is 3. The molecule has 0 aliphatic carbocycles. The molecule has 6 heteroatoms. The third-order valence-electron chi connectivity index (χ3n) is 4.21. The van der Waals surface area contributed by atoms with Crippen molar-refractivity contribution in [2.45, 2.75) is 13.5 Å². The highest BCUT2D eigenvalue weighted by atomic mass is 79.9. The van der Waals surface area contributed by atoms with Crippen LogP contribution in [0.4, 0.5) is 0 Å². The standard InChI is InChI=1S/C24H18BrCl2NO2/c1-2-29-23-13-17(11-19(14-28)18-5-9-21(27)10-6-18)12-22(25)24(23)30-15-16-3-7-20(26)8-4-16/h3-13H,2,15H2,1H3. The van der Waals surface area contributed by atoms with E-state index >= 15 is 0 Å². The fraction of sp³-hybridized carbons (Fsp3) is 0.125. The Morgan fingerprint density at radius 1 is 1.00 bits per heavy atom. The molecule has 0 heterocycles. The summed E-state index contributed by atoms with van der Waals surface area (Å²) < 4.78 is 12.6. The molecule has 0 unspecified atom stereocenters. The van der Waals surface area contributed by atoms with Gasteiger partial charge in [0, 0.05) is 10.0 Å². The van der Waals surface area contributed by atoms with Crippen molar-refractivity contribution in [3.8, 4) is 17.6 Å². The van der Waals surface area contributed by atoms with E-state index in [1.165, 1.54) is 0 Å². The largest absolute Gasteiger partial charge is 0.490 e. The van der Waals surface area contributed by atoms with Crippen molar-refractivity contribution >= 4 is 50.8 Å². The molecular weight excluding hydrogens is 485 g/mol. The Kier molecular flexibility index (Phi) is 7.81. The highest BCUT2D eigenvalue weighted by Gasteiger charge is 2.13. The summed E-state index contributed by atoms with van der Waals surface area (Å²) in [5.41, 5.74) is 3.12. The first-order valence-electron chi connectivity index (χ1n) is 9.21. The van der Waals surface area contributed by atoms with E-state index in [-0.39, 0.29) is 0 Å². The molecule has 152 valence electrons. The van der Waals surface area contributed by atoms with Gasteiger partial charge in [0.2, 0.25) is 0 Å². The lowest BCUT2D eigenvalue weighted by atomic mass is 10.0. The number of allylic oxidation sites excluding steroid dienone is 1. The van der Waals surface area contributed by atoms with Crippen LogP contribution in [-0.4, -0.2) is 6.61 Å². The first-order chi connectivity index (χ1) is 14.5. The molecule has 30 heavy (non-hydrogen) atoms. The highest BCUT2D eigenvalue weighted by Crippen LogP contribution is 2.38. The van der Waals surface area contributed by atoms with E-state index in [2.05, 4.69) is 22.0 Å². The van der Waals surface area contributed by atoms with E-state index in [1.807, 2.05) is 55.5 Å². The van der Waals surface area contributed by atoms with E-state index in [0.717, 1.165) is 21.2 Å². The Balaban J connectivity index is 1.90. The van der Waals surface area contributed by atoms with E-state index in [0.29, 0.717) is 40.3 Å². The second kappa shape index (κ2) is 10.5. The molecule has 3 aromatic rings. The van der Waals surface area contributed by atoms with E-state index in [1.54, 1.807) is 18.2 Å². The summed E-state index contributed by atoms with van der Waals surface area (Å²) in [7, 11) is 0. The van der Waals surface area contributed by atoms with Crippen LogP contribution < -0.4 is 9.47 Å². The Bertz CT molecular complexity index is 1090. The zero-order chi connectivity index (χ0) is 21.5. The molecule has 3 rings (SSSR count). The molecule has 3 aromatic carbocycles. The van der Waals surface area contributed by atoms with Gasteiger partial charge in [-0.1, -0.05) is 47.5 Å². The molecule has 0 atom stereocenters. The summed E-state index contributed by atoms with van der Waals surface area (Å²) in [5, 5.41) is 10.9. The predicted octanol–water partition coefficient (Wildman–Crippen LogP) is 7.80. The smallest absolute Gasteiger partial charge is 0.175 e. The summed E-state index contributed by atoms with van der Waals surface area (Å²) in [6, 6.07) is 20.6. The summed E-state index contributed by atoms with van der Waals surface area (Å²) >= 11 is 15.5. The number of nitrogens with zero attached hydrogens (tertiary/aromatic N) is 1. The molecule has 0 amide bonds. The van der Waals surface area contributed by atoms with E-state index < -0.39 is 0 Å². The van der Waals surface area contributed by atoms with Crippen LogP contribution in [0.2, 0.25) is 10.0 Å². The molecule has 0 N–H and O–H groups in total. The molecule has 0 fully saturated rings. The SMILES string of the molecule is CCOc1cc(C=C(C#N)c2ccc(Cl)cc2)cc(Br)c1OCc1ccc(Cl)cc1. The van der Waals surface area contributed by atoms with Crippen molar-refractivity contribution in [3.63, 3.8) is 0 Å². The lowest BCUT2D eigenvalue weighted by molar-refractivity contribution is 0.267. The molecule has 0 saturated carbocycles. The van der Waals surface area contributed by atoms with Crippen molar-refractivity contribution in [2.75, 3.05) is 6.61 Å². The lowest BCUT2D eigenvalue weighted by Crippen LogP contribution is -2.01. The maximum atomic E-state index is 9.61. The minimum Gasteiger partial charge on any atom is -0.490 e. The van der Waals surface area contributed by atoms with Crippen LogP contribution in [0.15, 0.2) is 65.1 Å². The Morgan fingerprint density at radius 3 is 2.23 bits per heavy atom. The number of hydrogen-bond donors (Lipinski definition) is 0. The van der Waals surface area contributed by atoms with Gasteiger partial charge in [-0.2, -0.15) is 5.26 Å². The van der Waals surface area contributed by atoms with Crippen molar-refractivity contribution in [2.24, 2.45) is 0 Å². The van der Waals surface area contributed by atoms with Gasteiger partial charge in [-0.05, 0) is 82.0 Å². The molecular formula is C24H18BrCl2NO2. The highest BCUT2D eigenvalue weighted by molar-refractivity contribution is 9.10. The van der Waals surface area contributed by atoms with Gasteiger partial charge in [0.1, 0.15) is 6.61 Å². The zero-order valence-electron chi connectivity index (χ0n) is 16.2. The average molecular weight is 503 g/mol. The normalized spacial score (nSPS) is 11.1. The minimum absolute atomic E-state index is 0.374. The van der Waals surface area contributed by atoms with Crippen LogP contribution in [0.5, 0.6) is 11.5 Å². The van der Waals surface area contributed by atoms with Gasteiger partial charge in [0.15, 0.2) is 11.5 Å². The van der Waals surface area contributed by atoms with Crippen LogP contribution >= 0.6 is 39.1 Å². The quantitative estimate of drug-likeness (QED) is 0.244. The van der Waals surface area contributed by atoms with Gasteiger partial charge in [0.05, 0.1) is 22.7 Å². The molecule has 3 nitrogen and oxygen atoms in total. The third-order valence-corrected chi connectivity index (χ3v) is 5.31. The summed E-state index contributed by atoms with van der Waals surface area (Å²) in [6.07, 6.45) is 1.81. The Hall–Kier alpha value is -2.45. The van der Waals surface area contributed by atoms with Crippen molar-refractivity contribution in [1.82, 2.24) is 0 Å². The zero-order valence-corrected chi connectivity index (χ0v) is 19.3. The topological polar surface area (TPSA) is 42.2 Å². The second-order valence-corrected chi connectivity index (χ2v) is 8.08. The van der Waals surface area contributed by atoms with Gasteiger partial charge in [-0.3, -0.25) is 0 Å². The molecule has 0 aromatic heterocycles. The van der Waals surface area contributed by atoms with Gasteiger partial charge >= 0.3 is 0 Å². The lowest BCUT2D eigenvalue weighted by Gasteiger charge is -2.15. The predicted molar refractivity (Wildman–Crippen MR) is 126 cm³/mol. The van der Waals surface area contributed by atoms with Crippen molar-refractivity contribution in [3.05, 3.63) is 91.9 Å². The monoisotopic (exact) mass is 501 g/mol. The minimum atomic E-state index is 0.374. The van der Waals surface area contributed by atoms with Crippen LogP contribution in [0.3, 0.4) is 0 Å². The van der Waals surface area contributed by atoms with Crippen molar-refractivity contribution < 1.29 is 9.47 Å². The molecule has 0 bridgehead atoms. The number of nitriles is 1.